The molecule has 0 fully saturated rings. The predicted octanol–water partition coefficient (Wildman–Crippen LogP) is 4.69. The van der Waals surface area contributed by atoms with Gasteiger partial charge < -0.3 is 0 Å². The highest BCUT2D eigenvalue weighted by molar-refractivity contribution is 9.10. The summed E-state index contributed by atoms with van der Waals surface area (Å²) in [6, 6.07) is 0.967. The smallest absolute Gasteiger partial charge is 0.294 e. The van der Waals surface area contributed by atoms with Gasteiger partial charge in [0.2, 0.25) is 0 Å². The van der Waals surface area contributed by atoms with Gasteiger partial charge in [0.15, 0.2) is 5.78 Å². The van der Waals surface area contributed by atoms with Crippen molar-refractivity contribution in [2.24, 2.45) is 0 Å². The lowest BCUT2D eigenvalue weighted by atomic mass is 10.0. The molecule has 0 saturated carbocycles. The molecule has 1 aromatic carbocycles. The third-order valence-corrected chi connectivity index (χ3v) is 2.93. The van der Waals surface area contributed by atoms with Crippen LogP contribution in [0.2, 0.25) is 0 Å². The Labute approximate surface area is 106 Å². The lowest BCUT2D eigenvalue weighted by molar-refractivity contribution is -0.162. The van der Waals surface area contributed by atoms with Crippen LogP contribution in [0.15, 0.2) is 16.6 Å². The number of alkyl halides is 6. The standard InChI is InChI=1S/C10H5BrF6O/c1-4(18)5-2-3-6(9(12,13)14)7(8(5)11)10(15,16)17/h2-3H,1H3. The van der Waals surface area contributed by atoms with E-state index in [-0.39, 0.29) is 6.07 Å². The molecule has 0 atom stereocenters. The van der Waals surface area contributed by atoms with Crippen molar-refractivity contribution >= 4 is 21.7 Å². The molecule has 0 unspecified atom stereocenters. The van der Waals surface area contributed by atoms with E-state index in [0.717, 1.165) is 6.92 Å². The Morgan fingerprint density at radius 1 is 1.06 bits per heavy atom. The van der Waals surface area contributed by atoms with Gasteiger partial charge in [-0.3, -0.25) is 4.79 Å². The first kappa shape index (κ1) is 15.0. The molecule has 0 bridgehead atoms. The number of carbonyl (C=O) groups excluding carboxylic acids is 1. The van der Waals surface area contributed by atoms with E-state index in [9.17, 15) is 31.1 Å². The van der Waals surface area contributed by atoms with Crippen LogP contribution in [0.5, 0.6) is 0 Å². The fourth-order valence-electron chi connectivity index (χ4n) is 1.36. The maximum absolute atomic E-state index is 12.6. The van der Waals surface area contributed by atoms with Crippen molar-refractivity contribution in [1.29, 1.82) is 0 Å². The number of rotatable bonds is 1. The summed E-state index contributed by atoms with van der Waals surface area (Å²) in [5.41, 5.74) is -4.16. The van der Waals surface area contributed by atoms with Crippen LogP contribution in [0, 0.1) is 0 Å². The van der Waals surface area contributed by atoms with Crippen molar-refractivity contribution in [3.05, 3.63) is 33.3 Å². The fourth-order valence-corrected chi connectivity index (χ4v) is 2.21. The van der Waals surface area contributed by atoms with Gasteiger partial charge in [-0.15, -0.1) is 0 Å². The zero-order valence-electron chi connectivity index (χ0n) is 8.71. The van der Waals surface area contributed by atoms with E-state index < -0.39 is 39.3 Å². The predicted molar refractivity (Wildman–Crippen MR) is 54.2 cm³/mol. The van der Waals surface area contributed by atoms with Crippen LogP contribution in [0.4, 0.5) is 26.3 Å². The first-order valence-electron chi connectivity index (χ1n) is 4.44. The number of benzene rings is 1. The van der Waals surface area contributed by atoms with Crippen LogP contribution in [0.3, 0.4) is 0 Å². The van der Waals surface area contributed by atoms with Crippen molar-refractivity contribution < 1.29 is 31.1 Å². The average molecular weight is 335 g/mol. The van der Waals surface area contributed by atoms with Crippen molar-refractivity contribution in [3.63, 3.8) is 0 Å². The van der Waals surface area contributed by atoms with E-state index in [1.807, 2.05) is 0 Å². The summed E-state index contributed by atoms with van der Waals surface area (Å²) >= 11 is 2.42. The summed E-state index contributed by atoms with van der Waals surface area (Å²) in [5.74, 6) is -0.763. The summed E-state index contributed by atoms with van der Waals surface area (Å²) < 4.78 is 74.5. The van der Waals surface area contributed by atoms with Gasteiger partial charge in [0.25, 0.3) is 0 Å². The largest absolute Gasteiger partial charge is 0.418 e. The molecule has 0 N–H and O–H groups in total. The summed E-state index contributed by atoms with van der Waals surface area (Å²) in [5, 5.41) is 0. The molecule has 0 radical (unpaired) electrons. The third kappa shape index (κ3) is 2.85. The molecule has 0 aliphatic carbocycles. The first-order valence-corrected chi connectivity index (χ1v) is 5.23. The second kappa shape index (κ2) is 4.56. The SMILES string of the molecule is CC(=O)c1ccc(C(F)(F)F)c(C(F)(F)F)c1Br. The summed E-state index contributed by atoms with van der Waals surface area (Å²) in [6.45, 7) is 0.966. The summed E-state index contributed by atoms with van der Waals surface area (Å²) in [6.07, 6.45) is -10.4. The number of ketones is 1. The van der Waals surface area contributed by atoms with Gasteiger partial charge in [-0.25, -0.2) is 0 Å². The highest BCUT2D eigenvalue weighted by Crippen LogP contribution is 2.44. The number of hydrogen-bond donors (Lipinski definition) is 0. The van der Waals surface area contributed by atoms with Crippen LogP contribution >= 0.6 is 15.9 Å². The van der Waals surface area contributed by atoms with Gasteiger partial charge in [-0.1, -0.05) is 0 Å². The molecule has 0 spiro atoms. The molecule has 1 aromatic rings. The molecule has 1 nitrogen and oxygen atoms in total. The van der Waals surface area contributed by atoms with E-state index in [2.05, 4.69) is 15.9 Å². The van der Waals surface area contributed by atoms with Gasteiger partial charge in [0, 0.05) is 10.0 Å². The lowest BCUT2D eigenvalue weighted by Gasteiger charge is -2.18. The quantitative estimate of drug-likeness (QED) is 0.538. The zero-order chi connectivity index (χ0) is 14.3. The van der Waals surface area contributed by atoms with Crippen LogP contribution in [0.1, 0.15) is 28.4 Å². The minimum absolute atomic E-state index is 0.254. The van der Waals surface area contributed by atoms with Crippen molar-refractivity contribution in [2.75, 3.05) is 0 Å². The molecule has 18 heavy (non-hydrogen) atoms. The van der Waals surface area contributed by atoms with Gasteiger partial charge in [-0.2, -0.15) is 26.3 Å². The van der Waals surface area contributed by atoms with Crippen LogP contribution < -0.4 is 0 Å². The molecule has 8 heteroatoms. The Bertz CT molecular complexity index is 488. The van der Waals surface area contributed by atoms with E-state index in [0.29, 0.717) is 6.07 Å². The Balaban J connectivity index is 3.69. The highest BCUT2D eigenvalue weighted by Gasteiger charge is 2.45. The second-order valence-electron chi connectivity index (χ2n) is 3.40. The molecule has 1 rings (SSSR count). The maximum atomic E-state index is 12.6. The molecule has 0 amide bonds. The minimum atomic E-state index is -5.21. The first-order chi connectivity index (χ1) is 7.96. The molecule has 0 aromatic heterocycles. The highest BCUT2D eigenvalue weighted by atomic mass is 79.9. The lowest BCUT2D eigenvalue weighted by Crippen LogP contribution is -2.18. The van der Waals surface area contributed by atoms with E-state index >= 15 is 0 Å². The average Bonchev–Trinajstić information content (AvgIpc) is 2.12. The normalized spacial score (nSPS) is 12.7. The molecule has 0 aliphatic rings. The van der Waals surface area contributed by atoms with Crippen LogP contribution in [0.25, 0.3) is 0 Å². The molecular weight excluding hydrogens is 330 g/mol. The van der Waals surface area contributed by atoms with E-state index in [1.54, 1.807) is 0 Å². The number of hydrogen-bond acceptors (Lipinski definition) is 1. The van der Waals surface area contributed by atoms with Crippen molar-refractivity contribution in [3.8, 4) is 0 Å². The maximum Gasteiger partial charge on any atom is 0.418 e. The van der Waals surface area contributed by atoms with Gasteiger partial charge in [0.05, 0.1) is 11.1 Å². The molecular formula is C10H5BrF6O. The number of halogens is 7. The number of Topliss-reactive ketones (excluding diaryl/α,β-unsaturated/α-hetero) is 1. The second-order valence-corrected chi connectivity index (χ2v) is 4.19. The van der Waals surface area contributed by atoms with Gasteiger partial charge in [0.1, 0.15) is 0 Å². The monoisotopic (exact) mass is 334 g/mol. The van der Waals surface area contributed by atoms with Gasteiger partial charge in [-0.05, 0) is 35.0 Å². The minimum Gasteiger partial charge on any atom is -0.294 e. The van der Waals surface area contributed by atoms with E-state index in [1.165, 1.54) is 0 Å². The molecule has 100 valence electrons. The Hall–Kier alpha value is -1.05. The topological polar surface area (TPSA) is 17.1 Å². The molecule has 0 heterocycles. The summed E-state index contributed by atoms with van der Waals surface area (Å²) in [4.78, 5) is 11.0. The zero-order valence-corrected chi connectivity index (χ0v) is 10.3. The molecule has 0 saturated heterocycles. The third-order valence-electron chi connectivity index (χ3n) is 2.11. The van der Waals surface area contributed by atoms with E-state index in [4.69, 9.17) is 0 Å². The number of carbonyl (C=O) groups is 1. The van der Waals surface area contributed by atoms with Crippen LogP contribution in [-0.4, -0.2) is 5.78 Å². The Morgan fingerprint density at radius 3 is 1.89 bits per heavy atom. The molecule has 0 aliphatic heterocycles. The van der Waals surface area contributed by atoms with Crippen LogP contribution in [-0.2, 0) is 12.4 Å². The van der Waals surface area contributed by atoms with Gasteiger partial charge >= 0.3 is 12.4 Å². The Morgan fingerprint density at radius 2 is 1.56 bits per heavy atom. The Kier molecular flexibility index (Phi) is 3.81. The fraction of sp³-hybridized carbons (Fsp3) is 0.300. The van der Waals surface area contributed by atoms with Crippen molar-refractivity contribution in [2.45, 2.75) is 19.3 Å². The van der Waals surface area contributed by atoms with Crippen molar-refractivity contribution in [1.82, 2.24) is 0 Å². The summed E-state index contributed by atoms with van der Waals surface area (Å²) in [7, 11) is 0.